The molecule has 20 heavy (non-hydrogen) atoms. The summed E-state index contributed by atoms with van der Waals surface area (Å²) >= 11 is 0. The smallest absolute Gasteiger partial charge is 0.240 e. The zero-order valence-electron chi connectivity index (χ0n) is 11.5. The molecule has 0 spiro atoms. The van der Waals surface area contributed by atoms with Crippen molar-refractivity contribution in [3.05, 3.63) is 30.1 Å². The normalized spacial score (nSPS) is 30.4. The molecule has 2 saturated heterocycles. The molecule has 0 bridgehead atoms. The van der Waals surface area contributed by atoms with Gasteiger partial charge in [-0.15, -0.1) is 0 Å². The van der Waals surface area contributed by atoms with Crippen LogP contribution in [0, 0.1) is 0 Å². The number of carbonyl (C=O) groups is 1. The molecule has 5 nitrogen and oxygen atoms in total. The maximum Gasteiger partial charge on any atom is 0.240 e. The van der Waals surface area contributed by atoms with Crippen LogP contribution in [0.15, 0.2) is 24.4 Å². The summed E-state index contributed by atoms with van der Waals surface area (Å²) in [7, 11) is 0. The molecule has 1 aromatic rings. The average Bonchev–Trinajstić information content (AvgIpc) is 2.94. The Morgan fingerprint density at radius 3 is 3.00 bits per heavy atom. The number of nitrogens with zero attached hydrogens (tertiary/aromatic N) is 2. The number of amides is 1. The molecule has 3 rings (SSSR count). The van der Waals surface area contributed by atoms with Gasteiger partial charge in [0.25, 0.3) is 0 Å². The quantitative estimate of drug-likeness (QED) is 0.840. The van der Waals surface area contributed by atoms with Crippen molar-refractivity contribution >= 4 is 5.91 Å². The minimum atomic E-state index is -0.401. The molecule has 1 aromatic heterocycles. The van der Waals surface area contributed by atoms with Crippen LogP contribution in [0.25, 0.3) is 0 Å². The summed E-state index contributed by atoms with van der Waals surface area (Å²) in [6, 6.07) is 5.70. The van der Waals surface area contributed by atoms with Gasteiger partial charge in [-0.05, 0) is 37.8 Å². The lowest BCUT2D eigenvalue weighted by Crippen LogP contribution is -2.47. The first-order valence-corrected chi connectivity index (χ1v) is 7.38. The minimum Gasteiger partial charge on any atom is -0.392 e. The molecular formula is C15H21N3O2. The topological polar surface area (TPSA) is 65.5 Å². The number of rotatable bonds is 2. The van der Waals surface area contributed by atoms with Crippen molar-refractivity contribution in [2.45, 2.75) is 43.9 Å². The maximum atomic E-state index is 12.7. The van der Waals surface area contributed by atoms with E-state index in [0.29, 0.717) is 13.0 Å². The SMILES string of the molecule is O=C([C@@H]1C[C@@H](O)CN1)N1CCCC[C@H]1c1ccccn1. The van der Waals surface area contributed by atoms with Crippen LogP contribution in [-0.4, -0.2) is 46.1 Å². The zero-order valence-corrected chi connectivity index (χ0v) is 11.5. The Morgan fingerprint density at radius 2 is 2.30 bits per heavy atom. The fourth-order valence-corrected chi connectivity index (χ4v) is 3.18. The Balaban J connectivity index is 1.77. The van der Waals surface area contributed by atoms with E-state index in [0.717, 1.165) is 31.5 Å². The number of aromatic nitrogens is 1. The first-order valence-electron chi connectivity index (χ1n) is 7.38. The summed E-state index contributed by atoms with van der Waals surface area (Å²) in [5.74, 6) is 0.108. The second-order valence-electron chi connectivity index (χ2n) is 5.65. The molecule has 0 radical (unpaired) electrons. The fourth-order valence-electron chi connectivity index (χ4n) is 3.18. The van der Waals surface area contributed by atoms with Gasteiger partial charge in [-0.1, -0.05) is 6.07 Å². The second-order valence-corrected chi connectivity index (χ2v) is 5.65. The maximum absolute atomic E-state index is 12.7. The summed E-state index contributed by atoms with van der Waals surface area (Å²) < 4.78 is 0. The number of hydrogen-bond acceptors (Lipinski definition) is 4. The monoisotopic (exact) mass is 275 g/mol. The van der Waals surface area contributed by atoms with Crippen LogP contribution in [0.3, 0.4) is 0 Å². The highest BCUT2D eigenvalue weighted by Gasteiger charge is 2.36. The third-order valence-electron chi connectivity index (χ3n) is 4.22. The molecule has 5 heteroatoms. The zero-order chi connectivity index (χ0) is 13.9. The van der Waals surface area contributed by atoms with E-state index in [9.17, 15) is 9.90 Å². The van der Waals surface area contributed by atoms with Crippen molar-refractivity contribution in [3.63, 3.8) is 0 Å². The van der Waals surface area contributed by atoms with Crippen LogP contribution in [0.2, 0.25) is 0 Å². The lowest BCUT2D eigenvalue weighted by Gasteiger charge is -2.37. The fraction of sp³-hybridized carbons (Fsp3) is 0.600. The number of aliphatic hydroxyl groups excluding tert-OH is 1. The molecular weight excluding hydrogens is 254 g/mol. The van der Waals surface area contributed by atoms with Crippen molar-refractivity contribution in [1.82, 2.24) is 15.2 Å². The van der Waals surface area contributed by atoms with Gasteiger partial charge in [-0.2, -0.15) is 0 Å². The van der Waals surface area contributed by atoms with Gasteiger partial charge in [0.15, 0.2) is 0 Å². The van der Waals surface area contributed by atoms with Crippen molar-refractivity contribution in [2.75, 3.05) is 13.1 Å². The molecule has 2 N–H and O–H groups in total. The molecule has 1 amide bonds. The summed E-state index contributed by atoms with van der Waals surface area (Å²) in [6.45, 7) is 1.30. The average molecular weight is 275 g/mol. The molecule has 0 aromatic carbocycles. The van der Waals surface area contributed by atoms with E-state index in [-0.39, 0.29) is 18.0 Å². The molecule has 2 aliphatic heterocycles. The van der Waals surface area contributed by atoms with E-state index < -0.39 is 6.10 Å². The van der Waals surface area contributed by atoms with Crippen LogP contribution in [0.1, 0.15) is 37.4 Å². The highest BCUT2D eigenvalue weighted by molar-refractivity contribution is 5.82. The first kappa shape index (κ1) is 13.5. The lowest BCUT2D eigenvalue weighted by molar-refractivity contribution is -0.137. The van der Waals surface area contributed by atoms with Gasteiger partial charge in [0.2, 0.25) is 5.91 Å². The molecule has 3 atom stereocenters. The number of aliphatic hydroxyl groups is 1. The predicted molar refractivity (Wildman–Crippen MR) is 75.0 cm³/mol. The van der Waals surface area contributed by atoms with E-state index in [2.05, 4.69) is 10.3 Å². The van der Waals surface area contributed by atoms with Gasteiger partial charge in [-0.25, -0.2) is 0 Å². The molecule has 0 saturated carbocycles. The third-order valence-corrected chi connectivity index (χ3v) is 4.22. The van der Waals surface area contributed by atoms with E-state index in [1.165, 1.54) is 0 Å². The predicted octanol–water partition coefficient (Wildman–Crippen LogP) is 0.858. The summed E-state index contributed by atoms with van der Waals surface area (Å²) in [6.07, 6.45) is 5.05. The Bertz CT molecular complexity index is 465. The van der Waals surface area contributed by atoms with E-state index in [1.54, 1.807) is 6.20 Å². The molecule has 2 fully saturated rings. The molecule has 108 valence electrons. The number of pyridine rings is 1. The summed E-state index contributed by atoms with van der Waals surface area (Å²) in [4.78, 5) is 19.0. The van der Waals surface area contributed by atoms with E-state index in [4.69, 9.17) is 0 Å². The number of nitrogens with one attached hydrogen (secondary N) is 1. The molecule has 2 aliphatic rings. The Hall–Kier alpha value is -1.46. The van der Waals surface area contributed by atoms with Gasteiger partial charge >= 0.3 is 0 Å². The number of likely N-dealkylation sites (tertiary alicyclic amines) is 1. The van der Waals surface area contributed by atoms with Crippen molar-refractivity contribution < 1.29 is 9.90 Å². The van der Waals surface area contributed by atoms with Gasteiger partial charge < -0.3 is 15.3 Å². The number of carbonyl (C=O) groups excluding carboxylic acids is 1. The largest absolute Gasteiger partial charge is 0.392 e. The highest BCUT2D eigenvalue weighted by Crippen LogP contribution is 2.30. The van der Waals surface area contributed by atoms with Gasteiger partial charge in [-0.3, -0.25) is 9.78 Å². The third kappa shape index (κ3) is 2.69. The lowest BCUT2D eigenvalue weighted by atomic mass is 9.97. The first-order chi connectivity index (χ1) is 9.75. The van der Waals surface area contributed by atoms with Gasteiger partial charge in [0.1, 0.15) is 0 Å². The summed E-state index contributed by atoms with van der Waals surface area (Å²) in [5, 5.41) is 12.7. The van der Waals surface area contributed by atoms with Crippen LogP contribution in [0.4, 0.5) is 0 Å². The Morgan fingerprint density at radius 1 is 1.40 bits per heavy atom. The molecule has 3 heterocycles. The van der Waals surface area contributed by atoms with Crippen LogP contribution in [-0.2, 0) is 4.79 Å². The molecule has 0 unspecified atom stereocenters. The second kappa shape index (κ2) is 5.89. The number of hydrogen-bond donors (Lipinski definition) is 2. The van der Waals surface area contributed by atoms with E-state index >= 15 is 0 Å². The van der Waals surface area contributed by atoms with Crippen molar-refractivity contribution in [1.29, 1.82) is 0 Å². The minimum absolute atomic E-state index is 0.0805. The highest BCUT2D eigenvalue weighted by atomic mass is 16.3. The van der Waals surface area contributed by atoms with Gasteiger partial charge in [0.05, 0.1) is 23.9 Å². The Kier molecular flexibility index (Phi) is 3.98. The Labute approximate surface area is 119 Å². The van der Waals surface area contributed by atoms with Crippen LogP contribution < -0.4 is 5.32 Å². The van der Waals surface area contributed by atoms with E-state index in [1.807, 2.05) is 23.1 Å². The van der Waals surface area contributed by atoms with Gasteiger partial charge in [0, 0.05) is 19.3 Å². The van der Waals surface area contributed by atoms with Crippen LogP contribution >= 0.6 is 0 Å². The van der Waals surface area contributed by atoms with Crippen molar-refractivity contribution in [3.8, 4) is 0 Å². The van der Waals surface area contributed by atoms with Crippen molar-refractivity contribution in [2.24, 2.45) is 0 Å². The standard InChI is InChI=1S/C15H21N3O2/c19-11-9-13(17-10-11)15(20)18-8-4-2-6-14(18)12-5-1-3-7-16-12/h1,3,5,7,11,13-14,17,19H,2,4,6,8-10H2/t11-,13+,14+/m1/s1. The number of piperidine rings is 1. The summed E-state index contributed by atoms with van der Waals surface area (Å²) in [5.41, 5.74) is 0.971. The number of β-amino-alcohol motifs (C(OH)–C–C–N with tert-alkyl or cyclic N) is 1. The van der Waals surface area contributed by atoms with Crippen LogP contribution in [0.5, 0.6) is 0 Å². The molecule has 0 aliphatic carbocycles.